The van der Waals surface area contributed by atoms with E-state index in [1.165, 1.54) is 12.1 Å². The molecule has 0 saturated heterocycles. The number of halogens is 2. The Balaban J connectivity index is 2.02. The van der Waals surface area contributed by atoms with Gasteiger partial charge in [-0.1, -0.05) is 12.1 Å². The zero-order chi connectivity index (χ0) is 13.8. The summed E-state index contributed by atoms with van der Waals surface area (Å²) in [6.07, 6.45) is 0. The van der Waals surface area contributed by atoms with E-state index >= 15 is 0 Å². The molecule has 2 nitrogen and oxygen atoms in total. The topological polar surface area (TPSA) is 16.1 Å². The second-order valence-corrected chi connectivity index (χ2v) is 5.69. The lowest BCUT2D eigenvalue weighted by atomic mass is 10.2. The fourth-order valence-electron chi connectivity index (χ4n) is 1.78. The number of nitrogens with zero attached hydrogens (tertiary/aromatic N) is 2. The van der Waals surface area contributed by atoms with Crippen LogP contribution in [0.4, 0.5) is 4.39 Å². The molecule has 0 amide bonds. The minimum Gasteiger partial charge on any atom is -0.293 e. The van der Waals surface area contributed by atoms with Crippen LogP contribution < -0.4 is 0 Å². The van der Waals surface area contributed by atoms with Crippen molar-refractivity contribution in [3.8, 4) is 0 Å². The summed E-state index contributed by atoms with van der Waals surface area (Å²) in [5.74, 6) is 0.247. The lowest BCUT2D eigenvalue weighted by Crippen LogP contribution is -2.21. The van der Waals surface area contributed by atoms with Crippen molar-refractivity contribution in [3.63, 3.8) is 0 Å². The van der Waals surface area contributed by atoms with Crippen LogP contribution in [0.3, 0.4) is 0 Å². The second kappa shape index (κ2) is 6.46. The molecule has 0 bridgehead atoms. The lowest BCUT2D eigenvalue weighted by Gasteiger charge is -2.22. The predicted octanol–water partition coefficient (Wildman–Crippen LogP) is 4.21. The van der Waals surface area contributed by atoms with Crippen molar-refractivity contribution in [2.45, 2.75) is 25.4 Å². The number of alkyl halides is 1. The molecule has 1 atom stereocenters. The zero-order valence-corrected chi connectivity index (χ0v) is 12.5. The number of thiazole rings is 1. The van der Waals surface area contributed by atoms with Gasteiger partial charge >= 0.3 is 0 Å². The summed E-state index contributed by atoms with van der Waals surface area (Å²) in [6, 6.07) is 6.81. The Bertz CT molecular complexity index is 526. The summed E-state index contributed by atoms with van der Waals surface area (Å²) >= 11 is 7.39. The van der Waals surface area contributed by atoms with E-state index in [1.807, 2.05) is 24.6 Å². The smallest absolute Gasteiger partial charge is 0.123 e. The molecule has 0 aliphatic heterocycles. The number of benzene rings is 1. The summed E-state index contributed by atoms with van der Waals surface area (Å²) < 4.78 is 12.9. The highest BCUT2D eigenvalue weighted by Gasteiger charge is 2.15. The van der Waals surface area contributed by atoms with Gasteiger partial charge in [-0.05, 0) is 31.7 Å². The normalized spacial score (nSPS) is 12.9. The van der Waals surface area contributed by atoms with Crippen LogP contribution >= 0.6 is 22.9 Å². The van der Waals surface area contributed by atoms with Crippen LogP contribution in [0.5, 0.6) is 0 Å². The first-order valence-electron chi connectivity index (χ1n) is 6.05. The summed E-state index contributed by atoms with van der Waals surface area (Å²) in [5.41, 5.74) is 2.01. The first-order valence-corrected chi connectivity index (χ1v) is 7.46. The monoisotopic (exact) mass is 298 g/mol. The van der Waals surface area contributed by atoms with Gasteiger partial charge in [-0.15, -0.1) is 22.9 Å². The van der Waals surface area contributed by atoms with Gasteiger partial charge in [0.05, 0.1) is 17.6 Å². The Morgan fingerprint density at radius 3 is 2.63 bits per heavy atom. The number of hydrogen-bond acceptors (Lipinski definition) is 3. The number of rotatable bonds is 5. The van der Waals surface area contributed by atoms with E-state index in [2.05, 4.69) is 16.8 Å². The van der Waals surface area contributed by atoms with Crippen molar-refractivity contribution in [2.24, 2.45) is 0 Å². The highest BCUT2D eigenvalue weighted by Crippen LogP contribution is 2.24. The minimum atomic E-state index is -0.203. The van der Waals surface area contributed by atoms with Crippen LogP contribution in [0.2, 0.25) is 0 Å². The second-order valence-electron chi connectivity index (χ2n) is 4.53. The van der Waals surface area contributed by atoms with Crippen LogP contribution in [-0.2, 0) is 12.4 Å². The van der Waals surface area contributed by atoms with Crippen molar-refractivity contribution in [3.05, 3.63) is 51.7 Å². The van der Waals surface area contributed by atoms with Gasteiger partial charge in [0.2, 0.25) is 0 Å². The van der Waals surface area contributed by atoms with Crippen molar-refractivity contribution in [1.82, 2.24) is 9.88 Å². The van der Waals surface area contributed by atoms with E-state index in [0.29, 0.717) is 5.88 Å². The zero-order valence-electron chi connectivity index (χ0n) is 10.9. The minimum absolute atomic E-state index is 0.203. The molecule has 19 heavy (non-hydrogen) atoms. The lowest BCUT2D eigenvalue weighted by molar-refractivity contribution is 0.252. The maximum Gasteiger partial charge on any atom is 0.123 e. The molecule has 102 valence electrons. The van der Waals surface area contributed by atoms with Crippen LogP contribution in [0, 0.1) is 5.82 Å². The fourth-order valence-corrected chi connectivity index (χ4v) is 2.95. The van der Waals surface area contributed by atoms with E-state index in [-0.39, 0.29) is 11.9 Å². The largest absolute Gasteiger partial charge is 0.293 e. The Morgan fingerprint density at radius 1 is 1.37 bits per heavy atom. The van der Waals surface area contributed by atoms with Gasteiger partial charge < -0.3 is 0 Å². The maximum atomic E-state index is 12.9. The van der Waals surface area contributed by atoms with Gasteiger partial charge in [0.1, 0.15) is 10.8 Å². The first-order chi connectivity index (χ1) is 9.10. The third-order valence-electron chi connectivity index (χ3n) is 3.07. The van der Waals surface area contributed by atoms with Gasteiger partial charge in [-0.25, -0.2) is 9.37 Å². The Hall–Kier alpha value is -0.970. The van der Waals surface area contributed by atoms with Gasteiger partial charge in [0.25, 0.3) is 0 Å². The van der Waals surface area contributed by atoms with E-state index < -0.39 is 0 Å². The van der Waals surface area contributed by atoms with Crippen LogP contribution in [0.15, 0.2) is 29.6 Å². The van der Waals surface area contributed by atoms with Gasteiger partial charge in [-0.3, -0.25) is 4.90 Å². The first kappa shape index (κ1) is 14.4. The van der Waals surface area contributed by atoms with E-state index in [9.17, 15) is 4.39 Å². The molecule has 0 spiro atoms. The Labute approximate surface area is 121 Å². The predicted molar refractivity (Wildman–Crippen MR) is 78.0 cm³/mol. The standard InChI is InChI=1S/C14H16ClFN2S/c1-10(14-17-13(7-15)9-19-14)18(2)8-11-3-5-12(16)6-4-11/h3-6,9-10H,7-8H2,1-2H3. The third-order valence-corrected chi connectivity index (χ3v) is 4.41. The molecule has 2 rings (SSSR count). The van der Waals surface area contributed by atoms with Crippen LogP contribution in [0.25, 0.3) is 0 Å². The summed E-state index contributed by atoms with van der Waals surface area (Å²) in [6.45, 7) is 2.87. The molecule has 0 saturated carbocycles. The van der Waals surface area contributed by atoms with Crippen molar-refractivity contribution in [2.75, 3.05) is 7.05 Å². The van der Waals surface area contributed by atoms with Gasteiger partial charge in [-0.2, -0.15) is 0 Å². The Kier molecular flexibility index (Phi) is 4.91. The van der Waals surface area contributed by atoms with Gasteiger partial charge in [0, 0.05) is 11.9 Å². The molecule has 5 heteroatoms. The SMILES string of the molecule is CC(c1nc(CCl)cs1)N(C)Cc1ccc(F)cc1. The summed E-state index contributed by atoms with van der Waals surface area (Å²) in [4.78, 5) is 6.67. The molecule has 1 heterocycles. The van der Waals surface area contributed by atoms with Crippen LogP contribution in [-0.4, -0.2) is 16.9 Å². The molecule has 2 aromatic rings. The molecule has 1 aromatic heterocycles. The molecule has 1 unspecified atom stereocenters. The molecule has 0 N–H and O–H groups in total. The molecule has 0 aliphatic rings. The molecule has 0 aliphatic carbocycles. The fraction of sp³-hybridized carbons (Fsp3) is 0.357. The molecule has 0 radical (unpaired) electrons. The summed E-state index contributed by atoms with van der Waals surface area (Å²) in [7, 11) is 2.04. The van der Waals surface area contributed by atoms with Crippen molar-refractivity contribution < 1.29 is 4.39 Å². The average molecular weight is 299 g/mol. The average Bonchev–Trinajstić information content (AvgIpc) is 2.89. The van der Waals surface area contributed by atoms with Gasteiger partial charge in [0.15, 0.2) is 0 Å². The van der Waals surface area contributed by atoms with E-state index in [0.717, 1.165) is 22.8 Å². The highest BCUT2D eigenvalue weighted by molar-refractivity contribution is 7.09. The van der Waals surface area contributed by atoms with E-state index in [4.69, 9.17) is 11.6 Å². The number of aromatic nitrogens is 1. The molecule has 0 fully saturated rings. The third kappa shape index (κ3) is 3.75. The van der Waals surface area contributed by atoms with Crippen molar-refractivity contribution >= 4 is 22.9 Å². The molecular formula is C14H16ClFN2S. The molecule has 1 aromatic carbocycles. The summed E-state index contributed by atoms with van der Waals surface area (Å²) in [5, 5.41) is 3.05. The highest BCUT2D eigenvalue weighted by atomic mass is 35.5. The number of hydrogen-bond donors (Lipinski definition) is 0. The van der Waals surface area contributed by atoms with E-state index in [1.54, 1.807) is 11.3 Å². The molecular weight excluding hydrogens is 283 g/mol. The Morgan fingerprint density at radius 2 is 2.05 bits per heavy atom. The quantitative estimate of drug-likeness (QED) is 0.769. The van der Waals surface area contributed by atoms with Crippen LogP contribution in [0.1, 0.15) is 29.2 Å². The maximum absolute atomic E-state index is 12.9. The van der Waals surface area contributed by atoms with Crippen molar-refractivity contribution in [1.29, 1.82) is 0 Å².